The van der Waals surface area contributed by atoms with E-state index in [4.69, 9.17) is 20.0 Å². The molecule has 276 valence electrons. The zero-order valence-corrected chi connectivity index (χ0v) is 28.9. The maximum Gasteiger partial charge on any atom is 0.337 e. The van der Waals surface area contributed by atoms with Gasteiger partial charge in [0, 0.05) is 43.7 Å². The van der Waals surface area contributed by atoms with Gasteiger partial charge < -0.3 is 25.3 Å². The van der Waals surface area contributed by atoms with Crippen molar-refractivity contribution in [2.75, 3.05) is 32.8 Å². The van der Waals surface area contributed by atoms with Crippen LogP contribution in [0.4, 0.5) is 0 Å². The average molecular weight is 704 g/mol. The minimum absolute atomic E-state index is 0. The van der Waals surface area contributed by atoms with Crippen molar-refractivity contribution in [1.29, 1.82) is 0 Å². The summed E-state index contributed by atoms with van der Waals surface area (Å²) in [5.41, 5.74) is 18.0. The number of hydrogen-bond acceptors (Lipinski definition) is 9. The molecule has 3 N–H and O–H groups in total. The second-order valence-electron chi connectivity index (χ2n) is 11.9. The van der Waals surface area contributed by atoms with Gasteiger partial charge in [0.1, 0.15) is 19.0 Å². The largest absolute Gasteiger partial charge is 0.466 e. The number of Topliss-reactive ketones (excluding diaryl/α,β-unsaturated/α-hetero) is 1. The van der Waals surface area contributed by atoms with Crippen LogP contribution in [0.1, 0.15) is 112 Å². The third kappa shape index (κ3) is 12.1. The molecule has 3 heterocycles. The molecule has 3 aliphatic heterocycles. The van der Waals surface area contributed by atoms with E-state index in [1.54, 1.807) is 6.92 Å². The molecule has 0 bridgehead atoms. The molecule has 2 atom stereocenters. The molecule has 0 spiro atoms. The molecule has 0 saturated carbocycles. The zero-order chi connectivity index (χ0) is 33.3. The number of aryl methyl sites for hydroxylation is 4. The van der Waals surface area contributed by atoms with Crippen molar-refractivity contribution in [2.24, 2.45) is 5.73 Å². The van der Waals surface area contributed by atoms with Crippen LogP contribution in [0.2, 0.25) is 0 Å². The normalized spacial score (nSPS) is 17.0. The summed E-state index contributed by atoms with van der Waals surface area (Å²) in [4.78, 5) is 45.8. The molecular weight excluding hydrogens is 642 g/mol. The lowest BCUT2D eigenvalue weighted by Crippen LogP contribution is -2.42. The van der Waals surface area contributed by atoms with E-state index in [9.17, 15) is 14.4 Å². The number of fused-ring (bicyclic) bond motifs is 4. The van der Waals surface area contributed by atoms with Crippen LogP contribution in [0.5, 0.6) is 0 Å². The van der Waals surface area contributed by atoms with Crippen LogP contribution in [0.25, 0.3) is 0 Å². The Morgan fingerprint density at radius 1 is 0.857 bits per heavy atom. The van der Waals surface area contributed by atoms with Crippen molar-refractivity contribution >= 4 is 36.9 Å². The third-order valence-corrected chi connectivity index (χ3v) is 8.90. The first-order valence-electron chi connectivity index (χ1n) is 15.8. The van der Waals surface area contributed by atoms with Gasteiger partial charge in [-0.15, -0.1) is 12.4 Å². The van der Waals surface area contributed by atoms with E-state index in [0.29, 0.717) is 49.9 Å². The number of carbonyl (C=O) groups excluding carboxylic acids is 4. The van der Waals surface area contributed by atoms with Crippen LogP contribution in [-0.2, 0) is 41.5 Å². The number of benzene rings is 2. The standard InChI is InChI=1S/C18H24N2O2.C17H23NO3.CH2O.3CH4.ClH/c1-4-22-18(21)15-10-20-6-5-13-7-11(2)12(3)8-14(13)17(20)9-16(15)19;1-4-21-17(20)10-14(19)9-16-15-8-12(3)11(2)7-13(15)5-6-18-16;1-2;;;;/h7-8,17H,4-6,9-10,19H2,1-3H3;7-8,16,18H,4-6,9-10H2,1-3H3;1H2;3*1H4;1H. The first-order valence-corrected chi connectivity index (χ1v) is 15.8. The van der Waals surface area contributed by atoms with Gasteiger partial charge in [0.25, 0.3) is 0 Å². The van der Waals surface area contributed by atoms with Gasteiger partial charge >= 0.3 is 11.9 Å². The summed E-state index contributed by atoms with van der Waals surface area (Å²) >= 11 is 0. The Balaban J connectivity index is 0. The van der Waals surface area contributed by atoms with E-state index in [1.807, 2.05) is 13.7 Å². The molecule has 9 nitrogen and oxygen atoms in total. The summed E-state index contributed by atoms with van der Waals surface area (Å²) < 4.78 is 9.96. The van der Waals surface area contributed by atoms with Crippen molar-refractivity contribution in [3.05, 3.63) is 80.0 Å². The Bertz CT molecular complexity index is 1440. The fraction of sp³-hybridized carbons (Fsp3) is 0.538. The molecule has 2 aromatic carbocycles. The number of nitrogens with zero attached hydrogens (tertiary/aromatic N) is 1. The Hall–Kier alpha value is -3.53. The number of esters is 2. The number of hydrogen-bond donors (Lipinski definition) is 2. The number of halogens is 1. The van der Waals surface area contributed by atoms with Crippen molar-refractivity contribution in [3.63, 3.8) is 0 Å². The molecule has 0 saturated heterocycles. The molecule has 0 aromatic heterocycles. The summed E-state index contributed by atoms with van der Waals surface area (Å²) in [7, 11) is 0. The highest BCUT2D eigenvalue weighted by atomic mass is 35.5. The lowest BCUT2D eigenvalue weighted by atomic mass is 9.84. The van der Waals surface area contributed by atoms with Gasteiger partial charge in [0.2, 0.25) is 0 Å². The predicted molar refractivity (Wildman–Crippen MR) is 202 cm³/mol. The Kier molecular flexibility index (Phi) is 21.6. The minimum atomic E-state index is -0.432. The zero-order valence-electron chi connectivity index (χ0n) is 28.1. The molecule has 0 fully saturated rings. The molecule has 10 heteroatoms. The molecule has 0 aliphatic carbocycles. The quantitative estimate of drug-likeness (QED) is 0.233. The van der Waals surface area contributed by atoms with Crippen LogP contribution in [0.3, 0.4) is 0 Å². The molecule has 5 rings (SSSR count). The van der Waals surface area contributed by atoms with Crippen LogP contribution in [0.15, 0.2) is 35.5 Å². The molecule has 2 unspecified atom stereocenters. The summed E-state index contributed by atoms with van der Waals surface area (Å²) in [6.45, 7) is 17.2. The van der Waals surface area contributed by atoms with E-state index in [-0.39, 0.29) is 58.9 Å². The summed E-state index contributed by atoms with van der Waals surface area (Å²) in [6, 6.07) is 9.29. The van der Waals surface area contributed by atoms with Gasteiger partial charge in [-0.25, -0.2) is 4.79 Å². The smallest absolute Gasteiger partial charge is 0.337 e. The first-order chi connectivity index (χ1) is 21.5. The maximum atomic E-state index is 12.0. The van der Waals surface area contributed by atoms with Gasteiger partial charge in [-0.2, -0.15) is 0 Å². The maximum absolute atomic E-state index is 12.0. The highest BCUT2D eigenvalue weighted by Crippen LogP contribution is 2.39. The van der Waals surface area contributed by atoms with E-state index >= 15 is 0 Å². The van der Waals surface area contributed by atoms with Crippen LogP contribution in [0, 0.1) is 27.7 Å². The molecule has 3 aliphatic rings. The second kappa shape index (κ2) is 22.2. The monoisotopic (exact) mass is 703 g/mol. The minimum Gasteiger partial charge on any atom is -0.466 e. The van der Waals surface area contributed by atoms with Gasteiger partial charge in [0.05, 0.1) is 18.8 Å². The number of carbonyl (C=O) groups is 4. The Morgan fingerprint density at radius 3 is 1.96 bits per heavy atom. The van der Waals surface area contributed by atoms with Gasteiger partial charge in [-0.3, -0.25) is 14.5 Å². The number of nitrogens with one attached hydrogen (secondary N) is 1. The van der Waals surface area contributed by atoms with Crippen molar-refractivity contribution < 1.29 is 28.7 Å². The van der Waals surface area contributed by atoms with Crippen molar-refractivity contribution in [2.45, 2.75) is 108 Å². The fourth-order valence-electron chi connectivity index (χ4n) is 6.31. The Morgan fingerprint density at radius 2 is 1.39 bits per heavy atom. The van der Waals surface area contributed by atoms with Gasteiger partial charge in [-0.05, 0) is 105 Å². The van der Waals surface area contributed by atoms with E-state index in [1.165, 1.54) is 44.5 Å². The van der Waals surface area contributed by atoms with Gasteiger partial charge in [-0.1, -0.05) is 46.5 Å². The number of rotatable bonds is 7. The lowest BCUT2D eigenvalue weighted by molar-refractivity contribution is -0.145. The SMILES string of the molecule is C.C.C.C=O.CCOC(=O)C1=C(N)CC2c3cc(C)c(C)cc3CCN2C1.CCOC(=O)CC(=O)CC1NCCc2cc(C)c(C)cc21.Cl. The number of ether oxygens (including phenoxy) is 2. The van der Waals surface area contributed by atoms with Gasteiger partial charge in [0.15, 0.2) is 0 Å². The third-order valence-electron chi connectivity index (χ3n) is 8.90. The summed E-state index contributed by atoms with van der Waals surface area (Å²) in [6.07, 6.45) is 2.94. The lowest BCUT2D eigenvalue weighted by Gasteiger charge is -2.41. The Labute approximate surface area is 301 Å². The topological polar surface area (TPSA) is 128 Å². The number of nitrogens with two attached hydrogens (primary N) is 1. The molecule has 0 radical (unpaired) electrons. The molecular formula is C39H62ClN3O6. The van der Waals surface area contributed by atoms with Crippen LogP contribution < -0.4 is 11.1 Å². The second-order valence-corrected chi connectivity index (χ2v) is 11.9. The average Bonchev–Trinajstić information content (AvgIpc) is 3.00. The summed E-state index contributed by atoms with van der Waals surface area (Å²) in [5, 5.41) is 3.39. The van der Waals surface area contributed by atoms with E-state index < -0.39 is 5.97 Å². The molecule has 0 amide bonds. The molecule has 2 aromatic rings. The van der Waals surface area contributed by atoms with Crippen molar-refractivity contribution in [3.8, 4) is 0 Å². The van der Waals surface area contributed by atoms with E-state index in [0.717, 1.165) is 25.9 Å². The fourth-order valence-corrected chi connectivity index (χ4v) is 6.31. The van der Waals surface area contributed by atoms with E-state index in [2.05, 4.69) is 62.2 Å². The highest BCUT2D eigenvalue weighted by Gasteiger charge is 2.35. The summed E-state index contributed by atoms with van der Waals surface area (Å²) in [5.74, 6) is -0.764. The first kappa shape index (κ1) is 47.6. The van der Waals surface area contributed by atoms with Crippen LogP contribution >= 0.6 is 12.4 Å². The predicted octanol–water partition coefficient (Wildman–Crippen LogP) is 6.93. The van der Waals surface area contributed by atoms with Crippen molar-refractivity contribution in [1.82, 2.24) is 10.2 Å². The number of ketones is 1. The highest BCUT2D eigenvalue weighted by molar-refractivity contribution is 5.95. The van der Waals surface area contributed by atoms with Crippen LogP contribution in [-0.4, -0.2) is 62.3 Å². The molecule has 49 heavy (non-hydrogen) atoms.